The van der Waals surface area contributed by atoms with Gasteiger partial charge in [0, 0.05) is 6.26 Å². The largest absolute Gasteiger partial charge is 0.320 e. The molecule has 28 heavy (non-hydrogen) atoms. The van der Waals surface area contributed by atoms with Crippen molar-refractivity contribution >= 4 is 51.0 Å². The van der Waals surface area contributed by atoms with E-state index in [2.05, 4.69) is 14.1 Å². The molecular weight excluding hydrogens is 442 g/mol. The quantitative estimate of drug-likeness (QED) is 0.739. The Morgan fingerprint density at radius 2 is 1.46 bits per heavy atom. The second kappa shape index (κ2) is 7.51. The Kier molecular flexibility index (Phi) is 5.59. The summed E-state index contributed by atoms with van der Waals surface area (Å²) < 4.78 is 58.8. The number of sulfone groups is 1. The molecule has 0 saturated heterocycles. The lowest BCUT2D eigenvalue weighted by atomic mass is 10.4. The molecular formula is C17H18ClN3O4S3. The summed E-state index contributed by atoms with van der Waals surface area (Å²) in [5.41, 5.74) is 0. The van der Waals surface area contributed by atoms with E-state index in [0.717, 1.165) is 0 Å². The predicted octanol–water partition coefficient (Wildman–Crippen LogP) is 3.10. The normalized spacial score (nSPS) is 24.8. The molecule has 2 aromatic carbocycles. The smallest absolute Gasteiger partial charge is 0.284 e. The van der Waals surface area contributed by atoms with Crippen molar-refractivity contribution < 1.29 is 16.8 Å². The molecule has 1 aliphatic heterocycles. The first-order chi connectivity index (χ1) is 13.0. The Balaban J connectivity index is 1.94. The van der Waals surface area contributed by atoms with Crippen molar-refractivity contribution in [2.75, 3.05) is 6.26 Å². The van der Waals surface area contributed by atoms with Crippen LogP contribution in [0.1, 0.15) is 6.92 Å². The van der Waals surface area contributed by atoms with Gasteiger partial charge in [-0.3, -0.25) is 0 Å². The minimum Gasteiger partial charge on any atom is -0.320 e. The molecule has 11 heteroatoms. The summed E-state index contributed by atoms with van der Waals surface area (Å²) in [5, 5.41) is 1.61. The number of hydrogen-bond donors (Lipinski definition) is 1. The average Bonchev–Trinajstić information content (AvgIpc) is 2.96. The van der Waals surface area contributed by atoms with Gasteiger partial charge in [-0.2, -0.15) is 8.42 Å². The molecule has 0 saturated carbocycles. The Hall–Kier alpha value is -1.88. The van der Waals surface area contributed by atoms with Gasteiger partial charge in [0.1, 0.15) is 11.1 Å². The molecule has 1 aliphatic rings. The van der Waals surface area contributed by atoms with Gasteiger partial charge in [0.2, 0.25) is 0 Å². The zero-order valence-corrected chi connectivity index (χ0v) is 18.2. The lowest BCUT2D eigenvalue weighted by Crippen LogP contribution is -2.37. The van der Waals surface area contributed by atoms with Gasteiger partial charge in [-0.25, -0.2) is 12.8 Å². The van der Waals surface area contributed by atoms with E-state index >= 15 is 0 Å². The minimum atomic E-state index is -4.01. The van der Waals surface area contributed by atoms with Crippen molar-refractivity contribution in [1.29, 1.82) is 0 Å². The van der Waals surface area contributed by atoms with Crippen LogP contribution < -0.4 is 5.32 Å². The molecule has 0 amide bonds. The molecule has 1 unspecified atom stereocenters. The Labute approximate surface area is 170 Å². The zero-order valence-electron chi connectivity index (χ0n) is 15.0. The maximum absolute atomic E-state index is 12.8. The number of halogens is 1. The third kappa shape index (κ3) is 4.09. The van der Waals surface area contributed by atoms with Gasteiger partial charge >= 0.3 is 0 Å². The van der Waals surface area contributed by atoms with Crippen molar-refractivity contribution in [1.82, 2.24) is 5.32 Å². The molecule has 1 N–H and O–H groups in total. The average molecular weight is 460 g/mol. The first-order valence-electron chi connectivity index (χ1n) is 8.08. The maximum atomic E-state index is 12.8. The van der Waals surface area contributed by atoms with Crippen molar-refractivity contribution in [2.45, 2.75) is 22.0 Å². The van der Waals surface area contributed by atoms with Gasteiger partial charge in [-0.05, 0) is 51.3 Å². The van der Waals surface area contributed by atoms with Crippen LogP contribution in [0, 0.1) is 0 Å². The molecule has 0 aromatic heterocycles. The molecule has 0 bridgehead atoms. The zero-order chi connectivity index (χ0) is 20.6. The van der Waals surface area contributed by atoms with Crippen molar-refractivity contribution in [3.63, 3.8) is 0 Å². The van der Waals surface area contributed by atoms with Crippen molar-refractivity contribution in [3.05, 3.63) is 60.7 Å². The van der Waals surface area contributed by atoms with Crippen LogP contribution in [-0.4, -0.2) is 39.3 Å². The molecule has 2 aromatic rings. The van der Waals surface area contributed by atoms with E-state index in [-0.39, 0.29) is 20.8 Å². The van der Waals surface area contributed by atoms with Crippen molar-refractivity contribution in [3.8, 4) is 0 Å². The first kappa shape index (κ1) is 20.8. The van der Waals surface area contributed by atoms with Crippen LogP contribution in [0.25, 0.3) is 0 Å². The van der Waals surface area contributed by atoms with E-state index in [9.17, 15) is 16.8 Å². The van der Waals surface area contributed by atoms with Crippen LogP contribution in [-0.2, 0) is 19.9 Å². The van der Waals surface area contributed by atoms with Gasteiger partial charge in [-0.1, -0.05) is 36.4 Å². The second-order valence-electron chi connectivity index (χ2n) is 6.06. The predicted molar refractivity (Wildman–Crippen MR) is 114 cm³/mol. The summed E-state index contributed by atoms with van der Waals surface area (Å²) >= 11 is 0. The number of nitrogens with one attached hydrogen (secondary N) is 1. The highest BCUT2D eigenvalue weighted by Gasteiger charge is 2.38. The molecule has 0 fully saturated rings. The third-order valence-electron chi connectivity index (χ3n) is 4.02. The van der Waals surface area contributed by atoms with E-state index in [1.54, 1.807) is 36.4 Å². The summed E-state index contributed by atoms with van der Waals surface area (Å²) in [6.07, 6.45) is 1.52. The Morgan fingerprint density at radius 3 is 2.00 bits per heavy atom. The number of rotatable bonds is 5. The van der Waals surface area contributed by atoms with Gasteiger partial charge in [0.05, 0.1) is 9.79 Å². The van der Waals surface area contributed by atoms with Crippen LogP contribution in [0.15, 0.2) is 79.3 Å². The third-order valence-corrected chi connectivity index (χ3v) is 9.60. The van der Waals surface area contributed by atoms with E-state index in [1.165, 1.54) is 37.4 Å². The van der Waals surface area contributed by atoms with Crippen LogP contribution in [0.3, 0.4) is 0 Å². The highest BCUT2D eigenvalue weighted by molar-refractivity contribution is 8.60. The first-order valence-corrected chi connectivity index (χ1v) is 13.9. The summed E-state index contributed by atoms with van der Waals surface area (Å²) in [4.78, 5) is 0.148. The summed E-state index contributed by atoms with van der Waals surface area (Å²) in [6, 6.07) is 15.6. The molecule has 0 aliphatic carbocycles. The number of nitrogens with zero attached hydrogens (tertiary/aromatic N) is 2. The Morgan fingerprint density at radius 1 is 0.964 bits per heavy atom. The topological polar surface area (TPSA) is 105 Å². The number of sulfonamides is 1. The summed E-state index contributed by atoms with van der Waals surface area (Å²) in [5.74, 6) is 0.0679. The monoisotopic (exact) mass is 459 g/mol. The fraction of sp³-hybridized carbons (Fsp3) is 0.176. The molecule has 3 rings (SSSR count). The van der Waals surface area contributed by atoms with Crippen LogP contribution in [0.2, 0.25) is 0 Å². The van der Waals surface area contributed by atoms with E-state index < -0.39 is 34.5 Å². The fourth-order valence-electron chi connectivity index (χ4n) is 2.44. The molecule has 2 atom stereocenters. The lowest BCUT2D eigenvalue weighted by Gasteiger charge is -2.16. The molecule has 7 nitrogen and oxygen atoms in total. The van der Waals surface area contributed by atoms with E-state index in [4.69, 9.17) is 10.7 Å². The van der Waals surface area contributed by atoms with Gasteiger partial charge in [0.15, 0.2) is 15.0 Å². The summed E-state index contributed by atoms with van der Waals surface area (Å²) in [7, 11) is -3.85. The van der Waals surface area contributed by atoms with Crippen LogP contribution in [0.5, 0.6) is 0 Å². The number of hydrogen-bond acceptors (Lipinski definition) is 5. The Bertz CT molecular complexity index is 1150. The number of amidine groups is 2. The van der Waals surface area contributed by atoms with Gasteiger partial charge in [-0.15, -0.1) is 4.40 Å². The maximum Gasteiger partial charge on any atom is 0.284 e. The molecule has 0 spiro atoms. The molecule has 0 radical (unpaired) electrons. The fourth-order valence-corrected chi connectivity index (χ4v) is 7.10. The SMILES string of the molecule is C[C@H](C1=NS(C)(Cl)/C(=N/S(=O)(=O)c2ccccc2)N1)S(=O)(=O)c1ccccc1. The standard InChI is InChI=1S/C17H18ClN3O4S3/c1-13(27(22,23)14-9-5-3-6-10-14)16-19-17(26(2,18)20-16)21-28(24,25)15-11-7-4-8-12-15/h3-13H,1-2H3,(H,19,20,21)/t13-/m1/s1. The molecule has 1 heterocycles. The highest BCUT2D eigenvalue weighted by Crippen LogP contribution is 2.55. The number of benzene rings is 2. The van der Waals surface area contributed by atoms with Gasteiger partial charge < -0.3 is 5.32 Å². The second-order valence-corrected chi connectivity index (χ2v) is 13.9. The lowest BCUT2D eigenvalue weighted by molar-refractivity contribution is 0.592. The van der Waals surface area contributed by atoms with E-state index in [0.29, 0.717) is 0 Å². The summed E-state index contributed by atoms with van der Waals surface area (Å²) in [6.45, 7) is 1.47. The van der Waals surface area contributed by atoms with E-state index in [1.807, 2.05) is 0 Å². The molecule has 150 valence electrons. The highest BCUT2D eigenvalue weighted by atomic mass is 35.7. The van der Waals surface area contributed by atoms with Crippen LogP contribution in [0.4, 0.5) is 0 Å². The van der Waals surface area contributed by atoms with Gasteiger partial charge in [0.25, 0.3) is 10.0 Å². The van der Waals surface area contributed by atoms with Crippen LogP contribution >= 0.6 is 20.1 Å². The van der Waals surface area contributed by atoms with Crippen molar-refractivity contribution in [2.24, 2.45) is 8.80 Å². The minimum absolute atomic E-state index is 0.00886.